The lowest BCUT2D eigenvalue weighted by Gasteiger charge is -2.35. The average Bonchev–Trinajstić information content (AvgIpc) is 2.56. The van der Waals surface area contributed by atoms with Gasteiger partial charge < -0.3 is 20.5 Å². The van der Waals surface area contributed by atoms with Crippen molar-refractivity contribution in [3.05, 3.63) is 18.2 Å². The Balaban J connectivity index is 2.11. The van der Waals surface area contributed by atoms with Gasteiger partial charge in [0.25, 0.3) is 0 Å². The van der Waals surface area contributed by atoms with Crippen molar-refractivity contribution in [1.82, 2.24) is 0 Å². The van der Waals surface area contributed by atoms with Gasteiger partial charge in [0, 0.05) is 12.5 Å². The van der Waals surface area contributed by atoms with Crippen LogP contribution in [0.15, 0.2) is 18.2 Å². The first-order chi connectivity index (χ1) is 11.5. The van der Waals surface area contributed by atoms with Crippen LogP contribution in [0, 0.1) is 5.41 Å². The molecule has 0 aliphatic heterocycles. The van der Waals surface area contributed by atoms with Crippen LogP contribution in [0.25, 0.3) is 0 Å². The summed E-state index contributed by atoms with van der Waals surface area (Å²) in [5.74, 6) is 0.0948. The topological polar surface area (TPSA) is 73.6 Å². The van der Waals surface area contributed by atoms with Gasteiger partial charge in [-0.25, -0.2) is 0 Å². The summed E-state index contributed by atoms with van der Waals surface area (Å²) in [6, 6.07) is 4.31. The molecular formula is C17H24F2N2O3. The van der Waals surface area contributed by atoms with Gasteiger partial charge >= 0.3 is 6.61 Å². The lowest BCUT2D eigenvalue weighted by molar-refractivity contribution is -0.118. The number of ether oxygens (including phenoxy) is 2. The van der Waals surface area contributed by atoms with Crippen LogP contribution in [-0.4, -0.2) is 26.2 Å². The third kappa shape index (κ3) is 4.80. The number of methoxy groups -OCH3 is 1. The number of hydrogen-bond donors (Lipinski definition) is 2. The molecule has 0 radical (unpaired) electrons. The second kappa shape index (κ2) is 8.28. The van der Waals surface area contributed by atoms with E-state index in [9.17, 15) is 13.6 Å². The number of amides is 1. The summed E-state index contributed by atoms with van der Waals surface area (Å²) in [7, 11) is 1.46. The molecule has 24 heavy (non-hydrogen) atoms. The number of anilines is 1. The van der Waals surface area contributed by atoms with Crippen LogP contribution in [0.3, 0.4) is 0 Å². The lowest BCUT2D eigenvalue weighted by atomic mass is 9.71. The van der Waals surface area contributed by atoms with Crippen LogP contribution in [0.5, 0.6) is 11.5 Å². The van der Waals surface area contributed by atoms with Crippen molar-refractivity contribution in [1.29, 1.82) is 0 Å². The summed E-state index contributed by atoms with van der Waals surface area (Å²) >= 11 is 0. The zero-order valence-electron chi connectivity index (χ0n) is 13.8. The predicted molar refractivity (Wildman–Crippen MR) is 87.4 cm³/mol. The van der Waals surface area contributed by atoms with Crippen molar-refractivity contribution >= 4 is 11.6 Å². The maximum absolute atomic E-state index is 12.5. The van der Waals surface area contributed by atoms with Crippen LogP contribution in [0.1, 0.15) is 38.5 Å². The molecule has 0 bridgehead atoms. The highest BCUT2D eigenvalue weighted by atomic mass is 19.3. The van der Waals surface area contributed by atoms with E-state index in [4.69, 9.17) is 10.5 Å². The molecule has 3 N–H and O–H groups in total. The number of hydrogen-bond acceptors (Lipinski definition) is 4. The van der Waals surface area contributed by atoms with E-state index in [-0.39, 0.29) is 29.2 Å². The smallest absolute Gasteiger partial charge is 0.387 e. The van der Waals surface area contributed by atoms with Crippen LogP contribution < -0.4 is 20.5 Å². The third-order valence-corrected chi connectivity index (χ3v) is 4.56. The standard InChI is InChI=1S/C17H24F2N2O3/c1-23-12-5-6-14(24-16(18)19)13(9-12)21-15(22)10-17(11-20)7-3-2-4-8-17/h5-6,9,16H,2-4,7-8,10-11,20H2,1H3,(H,21,22). The quantitative estimate of drug-likeness (QED) is 0.795. The fraction of sp³-hybridized carbons (Fsp3) is 0.588. The summed E-state index contributed by atoms with van der Waals surface area (Å²) in [5.41, 5.74) is 5.86. The molecule has 1 fully saturated rings. The van der Waals surface area contributed by atoms with Gasteiger partial charge in [0.1, 0.15) is 11.5 Å². The summed E-state index contributed by atoms with van der Waals surface area (Å²) in [6.07, 6.45) is 5.37. The van der Waals surface area contributed by atoms with Crippen molar-refractivity contribution in [2.75, 3.05) is 19.0 Å². The third-order valence-electron chi connectivity index (χ3n) is 4.56. The van der Waals surface area contributed by atoms with E-state index < -0.39 is 6.61 Å². The van der Waals surface area contributed by atoms with Crippen LogP contribution >= 0.6 is 0 Å². The van der Waals surface area contributed by atoms with Crippen LogP contribution in [0.2, 0.25) is 0 Å². The predicted octanol–water partition coefficient (Wildman–Crippen LogP) is 3.53. The van der Waals surface area contributed by atoms with Gasteiger partial charge in [0.05, 0.1) is 12.8 Å². The van der Waals surface area contributed by atoms with E-state index in [1.807, 2.05) is 0 Å². The van der Waals surface area contributed by atoms with Crippen molar-refractivity contribution in [3.63, 3.8) is 0 Å². The summed E-state index contributed by atoms with van der Waals surface area (Å²) in [4.78, 5) is 12.4. The van der Waals surface area contributed by atoms with Gasteiger partial charge in [0.2, 0.25) is 5.91 Å². The van der Waals surface area contributed by atoms with Gasteiger partial charge in [-0.05, 0) is 36.9 Å². The second-order valence-corrected chi connectivity index (χ2v) is 6.23. The van der Waals surface area contributed by atoms with E-state index in [0.717, 1.165) is 32.1 Å². The molecule has 1 aromatic carbocycles. The Morgan fingerprint density at radius 2 is 2.04 bits per heavy atom. The minimum atomic E-state index is -2.97. The van der Waals surface area contributed by atoms with Gasteiger partial charge in [0.15, 0.2) is 0 Å². The van der Waals surface area contributed by atoms with Gasteiger partial charge in [-0.3, -0.25) is 4.79 Å². The van der Waals surface area contributed by atoms with Crippen molar-refractivity contribution < 1.29 is 23.0 Å². The van der Waals surface area contributed by atoms with Crippen LogP contribution in [0.4, 0.5) is 14.5 Å². The summed E-state index contributed by atoms with van der Waals surface area (Å²) < 4.78 is 34.6. The zero-order chi connectivity index (χ0) is 17.6. The van der Waals surface area contributed by atoms with E-state index >= 15 is 0 Å². The SMILES string of the molecule is COc1ccc(OC(F)F)c(NC(=O)CC2(CN)CCCCC2)c1. The number of nitrogens with one attached hydrogen (secondary N) is 1. The Bertz CT molecular complexity index is 561. The second-order valence-electron chi connectivity index (χ2n) is 6.23. The van der Waals surface area contributed by atoms with Crippen molar-refractivity contribution in [3.8, 4) is 11.5 Å². The maximum Gasteiger partial charge on any atom is 0.387 e. The first-order valence-corrected chi connectivity index (χ1v) is 8.11. The molecule has 0 saturated heterocycles. The van der Waals surface area contributed by atoms with E-state index in [1.165, 1.54) is 25.3 Å². The van der Waals surface area contributed by atoms with E-state index in [1.54, 1.807) is 0 Å². The highest BCUT2D eigenvalue weighted by Crippen LogP contribution is 2.39. The highest BCUT2D eigenvalue weighted by Gasteiger charge is 2.33. The Morgan fingerprint density at radius 3 is 2.62 bits per heavy atom. The zero-order valence-corrected chi connectivity index (χ0v) is 13.8. The summed E-state index contributed by atoms with van der Waals surface area (Å²) in [6.45, 7) is -2.53. The maximum atomic E-state index is 12.5. The highest BCUT2D eigenvalue weighted by molar-refractivity contribution is 5.93. The number of alkyl halides is 2. The number of nitrogens with two attached hydrogens (primary N) is 1. The van der Waals surface area contributed by atoms with Gasteiger partial charge in [-0.15, -0.1) is 0 Å². The number of benzene rings is 1. The molecule has 0 aromatic heterocycles. The molecule has 134 valence electrons. The fourth-order valence-corrected chi connectivity index (χ4v) is 3.22. The first-order valence-electron chi connectivity index (χ1n) is 8.11. The van der Waals surface area contributed by atoms with E-state index in [2.05, 4.69) is 10.1 Å². The molecule has 0 heterocycles. The molecule has 0 unspecified atom stereocenters. The normalized spacial score (nSPS) is 16.7. The van der Waals surface area contributed by atoms with Crippen molar-refractivity contribution in [2.24, 2.45) is 11.1 Å². The van der Waals surface area contributed by atoms with E-state index in [0.29, 0.717) is 12.3 Å². The molecule has 2 rings (SSSR count). The molecule has 1 amide bonds. The molecule has 1 aliphatic carbocycles. The molecule has 1 saturated carbocycles. The Hall–Kier alpha value is -1.89. The van der Waals surface area contributed by atoms with Crippen molar-refractivity contribution in [2.45, 2.75) is 45.1 Å². The largest absolute Gasteiger partial charge is 0.497 e. The first kappa shape index (κ1) is 18.4. The number of rotatable bonds is 7. The number of halogens is 2. The van der Waals surface area contributed by atoms with Gasteiger partial charge in [-0.2, -0.15) is 8.78 Å². The molecule has 0 atom stereocenters. The summed E-state index contributed by atoms with van der Waals surface area (Å²) in [5, 5.41) is 2.66. The molecular weight excluding hydrogens is 318 g/mol. The molecule has 1 aliphatic rings. The Labute approximate surface area is 140 Å². The number of carbonyl (C=O) groups is 1. The lowest BCUT2D eigenvalue weighted by Crippen LogP contribution is -2.36. The monoisotopic (exact) mass is 342 g/mol. The molecule has 7 heteroatoms. The molecule has 0 spiro atoms. The fourth-order valence-electron chi connectivity index (χ4n) is 3.22. The molecule has 1 aromatic rings. The average molecular weight is 342 g/mol. The minimum Gasteiger partial charge on any atom is -0.497 e. The Morgan fingerprint density at radius 1 is 1.33 bits per heavy atom. The van der Waals surface area contributed by atoms with Gasteiger partial charge in [-0.1, -0.05) is 19.3 Å². The number of carbonyl (C=O) groups excluding carboxylic acids is 1. The molecule has 5 nitrogen and oxygen atoms in total. The van der Waals surface area contributed by atoms with Crippen LogP contribution in [-0.2, 0) is 4.79 Å². The Kier molecular flexibility index (Phi) is 6.36. The minimum absolute atomic E-state index is 0.0930.